The molecule has 1 aliphatic heterocycles. The number of carbonyl (C=O) groups is 2. The lowest BCUT2D eigenvalue weighted by Gasteiger charge is -2.25. The van der Waals surface area contributed by atoms with Gasteiger partial charge in [-0.3, -0.25) is 9.59 Å². The summed E-state index contributed by atoms with van der Waals surface area (Å²) in [5.41, 5.74) is 2.36. The van der Waals surface area contributed by atoms with E-state index in [0.717, 1.165) is 13.0 Å². The van der Waals surface area contributed by atoms with E-state index in [0.29, 0.717) is 25.3 Å². The maximum Gasteiger partial charge on any atom is 0.222 e. The molecular weight excluding hydrogens is 276 g/mol. The molecule has 1 aromatic carbocycles. The van der Waals surface area contributed by atoms with E-state index in [1.807, 2.05) is 12.1 Å². The zero-order chi connectivity index (χ0) is 16.1. The Hall–Kier alpha value is -1.84. The molecule has 22 heavy (non-hydrogen) atoms. The van der Waals surface area contributed by atoms with Crippen molar-refractivity contribution < 1.29 is 9.59 Å². The topological polar surface area (TPSA) is 49.4 Å². The first-order valence-corrected chi connectivity index (χ1v) is 8.11. The fraction of sp³-hybridized carbons (Fsp3) is 0.556. The van der Waals surface area contributed by atoms with Gasteiger partial charge < -0.3 is 10.2 Å². The van der Waals surface area contributed by atoms with Gasteiger partial charge in [0.15, 0.2) is 0 Å². The van der Waals surface area contributed by atoms with Crippen LogP contribution in [0.3, 0.4) is 0 Å². The highest BCUT2D eigenvalue weighted by Gasteiger charge is 2.23. The first-order valence-electron chi connectivity index (χ1n) is 8.11. The fourth-order valence-corrected chi connectivity index (χ4v) is 2.96. The number of likely N-dealkylation sites (tertiary alicyclic amines) is 1. The lowest BCUT2D eigenvalue weighted by molar-refractivity contribution is -0.128. The Morgan fingerprint density at radius 3 is 2.64 bits per heavy atom. The molecule has 120 valence electrons. The maximum absolute atomic E-state index is 12.3. The van der Waals surface area contributed by atoms with Crippen molar-refractivity contribution in [2.75, 3.05) is 13.1 Å². The molecule has 0 saturated carbocycles. The summed E-state index contributed by atoms with van der Waals surface area (Å²) in [6.45, 7) is 7.61. The second-order valence-corrected chi connectivity index (χ2v) is 6.38. The van der Waals surface area contributed by atoms with Crippen LogP contribution < -0.4 is 5.32 Å². The molecular formula is C18H26N2O2. The van der Waals surface area contributed by atoms with Crippen LogP contribution in [0.2, 0.25) is 0 Å². The highest BCUT2D eigenvalue weighted by atomic mass is 16.2. The van der Waals surface area contributed by atoms with Crippen LogP contribution in [0.15, 0.2) is 24.3 Å². The van der Waals surface area contributed by atoms with E-state index in [-0.39, 0.29) is 17.9 Å². The Kier molecular flexibility index (Phi) is 5.58. The molecule has 1 aliphatic rings. The maximum atomic E-state index is 12.3. The van der Waals surface area contributed by atoms with Crippen molar-refractivity contribution in [1.29, 1.82) is 0 Å². The molecule has 0 bridgehead atoms. The Bertz CT molecular complexity index is 540. The van der Waals surface area contributed by atoms with E-state index in [9.17, 15) is 9.59 Å². The number of benzene rings is 1. The molecule has 0 aliphatic carbocycles. The van der Waals surface area contributed by atoms with E-state index in [2.05, 4.69) is 38.2 Å². The molecule has 2 rings (SSSR count). The zero-order valence-corrected chi connectivity index (χ0v) is 13.8. The van der Waals surface area contributed by atoms with Gasteiger partial charge >= 0.3 is 0 Å². The van der Waals surface area contributed by atoms with Crippen LogP contribution in [0, 0.1) is 12.8 Å². The molecule has 1 heterocycles. The van der Waals surface area contributed by atoms with Crippen molar-refractivity contribution in [3.05, 3.63) is 35.4 Å². The van der Waals surface area contributed by atoms with Gasteiger partial charge in [0.2, 0.25) is 11.8 Å². The first-order chi connectivity index (χ1) is 10.5. The molecule has 1 aromatic rings. The van der Waals surface area contributed by atoms with Crippen molar-refractivity contribution >= 4 is 11.8 Å². The van der Waals surface area contributed by atoms with Crippen molar-refractivity contribution in [1.82, 2.24) is 10.2 Å². The van der Waals surface area contributed by atoms with Crippen LogP contribution in [0.4, 0.5) is 0 Å². The van der Waals surface area contributed by atoms with Gasteiger partial charge in [0.05, 0.1) is 6.04 Å². The van der Waals surface area contributed by atoms with Crippen molar-refractivity contribution in [2.24, 2.45) is 5.92 Å². The van der Waals surface area contributed by atoms with Crippen LogP contribution in [0.25, 0.3) is 0 Å². The summed E-state index contributed by atoms with van der Waals surface area (Å²) in [4.78, 5) is 25.6. The summed E-state index contributed by atoms with van der Waals surface area (Å²) in [6.07, 6.45) is 1.92. The Morgan fingerprint density at radius 1 is 1.32 bits per heavy atom. The van der Waals surface area contributed by atoms with Crippen LogP contribution in [0.5, 0.6) is 0 Å². The Morgan fingerprint density at radius 2 is 2.05 bits per heavy atom. The quantitative estimate of drug-likeness (QED) is 0.878. The van der Waals surface area contributed by atoms with Crippen LogP contribution >= 0.6 is 0 Å². The van der Waals surface area contributed by atoms with Gasteiger partial charge in [0, 0.05) is 25.9 Å². The molecule has 1 N–H and O–H groups in total. The minimum Gasteiger partial charge on any atom is -0.349 e. The first kappa shape index (κ1) is 16.5. The number of hydrogen-bond acceptors (Lipinski definition) is 2. The van der Waals surface area contributed by atoms with E-state index >= 15 is 0 Å². The number of nitrogens with zero attached hydrogens (tertiary/aromatic N) is 1. The van der Waals surface area contributed by atoms with Gasteiger partial charge in [-0.1, -0.05) is 38.1 Å². The van der Waals surface area contributed by atoms with Gasteiger partial charge in [0.1, 0.15) is 0 Å². The summed E-state index contributed by atoms with van der Waals surface area (Å²) >= 11 is 0. The van der Waals surface area contributed by atoms with Crippen molar-refractivity contribution in [3.63, 3.8) is 0 Å². The van der Waals surface area contributed by atoms with E-state index in [4.69, 9.17) is 0 Å². The highest BCUT2D eigenvalue weighted by molar-refractivity contribution is 5.80. The zero-order valence-electron chi connectivity index (χ0n) is 13.8. The molecule has 0 unspecified atom stereocenters. The number of nitrogens with one attached hydrogen (secondary N) is 1. The highest BCUT2D eigenvalue weighted by Crippen LogP contribution is 2.24. The number of hydrogen-bond donors (Lipinski definition) is 1. The molecule has 1 fully saturated rings. The van der Waals surface area contributed by atoms with Gasteiger partial charge in [-0.15, -0.1) is 0 Å². The summed E-state index contributed by atoms with van der Waals surface area (Å²) in [5.74, 6) is 0.507. The van der Waals surface area contributed by atoms with Gasteiger partial charge in [0.25, 0.3) is 0 Å². The molecule has 2 amide bonds. The third kappa shape index (κ3) is 4.09. The lowest BCUT2D eigenvalue weighted by Crippen LogP contribution is -2.35. The van der Waals surface area contributed by atoms with Gasteiger partial charge in [-0.05, 0) is 30.4 Å². The minimum absolute atomic E-state index is 0.0154. The second kappa shape index (κ2) is 7.43. The second-order valence-electron chi connectivity index (χ2n) is 6.38. The van der Waals surface area contributed by atoms with Crippen LogP contribution in [-0.4, -0.2) is 29.8 Å². The predicted molar refractivity (Wildman–Crippen MR) is 87.3 cm³/mol. The largest absolute Gasteiger partial charge is 0.349 e. The smallest absolute Gasteiger partial charge is 0.222 e. The van der Waals surface area contributed by atoms with E-state index in [1.54, 1.807) is 4.90 Å². The molecule has 4 heteroatoms. The van der Waals surface area contributed by atoms with Gasteiger partial charge in [-0.2, -0.15) is 0 Å². The van der Waals surface area contributed by atoms with Crippen molar-refractivity contribution in [3.8, 4) is 0 Å². The SMILES string of the molecule is Cc1ccccc1[C@@H](NC(=O)CCN1CCCC1=O)C(C)C. The molecule has 0 radical (unpaired) electrons. The number of amides is 2. The summed E-state index contributed by atoms with van der Waals surface area (Å²) < 4.78 is 0. The van der Waals surface area contributed by atoms with Gasteiger partial charge in [-0.25, -0.2) is 0 Å². The summed E-state index contributed by atoms with van der Waals surface area (Å²) in [7, 11) is 0. The molecule has 4 nitrogen and oxygen atoms in total. The van der Waals surface area contributed by atoms with Crippen LogP contribution in [-0.2, 0) is 9.59 Å². The Balaban J connectivity index is 1.95. The minimum atomic E-state index is 0.0154. The average molecular weight is 302 g/mol. The molecule has 1 saturated heterocycles. The van der Waals surface area contributed by atoms with E-state index in [1.165, 1.54) is 11.1 Å². The molecule has 0 aromatic heterocycles. The average Bonchev–Trinajstić information content (AvgIpc) is 2.88. The standard InChI is InChI=1S/C18H26N2O2/c1-13(2)18(15-8-5-4-7-14(15)3)19-16(21)10-12-20-11-6-9-17(20)22/h4-5,7-8,13,18H,6,9-12H2,1-3H3,(H,19,21)/t18-/m0/s1. The normalized spacial score (nSPS) is 16.2. The molecule has 0 spiro atoms. The number of aryl methyl sites for hydroxylation is 1. The number of rotatable bonds is 6. The monoisotopic (exact) mass is 302 g/mol. The van der Waals surface area contributed by atoms with Crippen LogP contribution in [0.1, 0.15) is 50.3 Å². The fourth-order valence-electron chi connectivity index (χ4n) is 2.96. The third-order valence-corrected chi connectivity index (χ3v) is 4.29. The molecule has 1 atom stereocenters. The summed E-state index contributed by atoms with van der Waals surface area (Å²) in [6, 6.07) is 8.18. The predicted octanol–water partition coefficient (Wildman–Crippen LogP) is 2.82. The van der Waals surface area contributed by atoms with E-state index < -0.39 is 0 Å². The Labute approximate surface area is 132 Å². The number of carbonyl (C=O) groups excluding carboxylic acids is 2. The third-order valence-electron chi connectivity index (χ3n) is 4.29. The lowest BCUT2D eigenvalue weighted by atomic mass is 9.92. The van der Waals surface area contributed by atoms with Crippen molar-refractivity contribution in [2.45, 2.75) is 46.1 Å². The summed E-state index contributed by atoms with van der Waals surface area (Å²) in [5, 5.41) is 3.14.